The van der Waals surface area contributed by atoms with Crippen molar-refractivity contribution in [1.82, 2.24) is 4.90 Å². The molecule has 1 aromatic rings. The first-order chi connectivity index (χ1) is 9.52. The first-order valence-electron chi connectivity index (χ1n) is 7.17. The van der Waals surface area contributed by atoms with Crippen molar-refractivity contribution in [3.63, 3.8) is 0 Å². The topological polar surface area (TPSA) is 72.4 Å². The van der Waals surface area contributed by atoms with E-state index in [1.165, 1.54) is 0 Å². The van der Waals surface area contributed by atoms with Crippen molar-refractivity contribution in [2.75, 3.05) is 14.1 Å². The summed E-state index contributed by atoms with van der Waals surface area (Å²) in [6.07, 6.45) is 4.36. The number of benzene rings is 1. The Morgan fingerprint density at radius 2 is 1.95 bits per heavy atom. The number of nitro groups is 1. The minimum Gasteiger partial charge on any atom is -0.327 e. The summed E-state index contributed by atoms with van der Waals surface area (Å²) in [6, 6.07) is 7.16. The molecule has 1 aromatic carbocycles. The molecule has 0 spiro atoms. The van der Waals surface area contributed by atoms with E-state index in [2.05, 4.69) is 4.90 Å². The first-order valence-corrected chi connectivity index (χ1v) is 7.17. The zero-order chi connectivity index (χ0) is 14.7. The Kier molecular flexibility index (Phi) is 4.73. The standard InChI is InChI=1S/C15H23N3O2/c1-17(2)15(11-7-3-5-9-13(11)16)12-8-4-6-10-14(12)18(19)20/h4,6,8,10-11,13,15H,3,5,7,9,16H2,1-2H3. The van der Waals surface area contributed by atoms with E-state index in [1.807, 2.05) is 26.2 Å². The molecule has 3 unspecified atom stereocenters. The summed E-state index contributed by atoms with van der Waals surface area (Å²) in [5.74, 6) is 0.278. The van der Waals surface area contributed by atoms with Crippen molar-refractivity contribution in [2.45, 2.75) is 37.8 Å². The van der Waals surface area contributed by atoms with Crippen molar-refractivity contribution < 1.29 is 4.92 Å². The van der Waals surface area contributed by atoms with Crippen LogP contribution in [0.5, 0.6) is 0 Å². The van der Waals surface area contributed by atoms with Gasteiger partial charge >= 0.3 is 0 Å². The van der Waals surface area contributed by atoms with Gasteiger partial charge in [-0.15, -0.1) is 0 Å². The fourth-order valence-corrected chi connectivity index (χ4v) is 3.38. The SMILES string of the molecule is CN(C)C(c1ccccc1[N+](=O)[O-])C1CCCCC1N. The smallest absolute Gasteiger partial charge is 0.274 e. The molecule has 1 aliphatic carbocycles. The minimum atomic E-state index is -0.291. The monoisotopic (exact) mass is 277 g/mol. The molecule has 0 aliphatic heterocycles. The van der Waals surface area contributed by atoms with E-state index in [-0.39, 0.29) is 28.6 Å². The molecule has 0 saturated heterocycles. The summed E-state index contributed by atoms with van der Waals surface area (Å²) in [4.78, 5) is 13.0. The van der Waals surface area contributed by atoms with Crippen molar-refractivity contribution in [2.24, 2.45) is 11.7 Å². The lowest BCUT2D eigenvalue weighted by molar-refractivity contribution is -0.386. The highest BCUT2D eigenvalue weighted by molar-refractivity contribution is 5.42. The maximum absolute atomic E-state index is 11.3. The van der Waals surface area contributed by atoms with Crippen LogP contribution in [0.25, 0.3) is 0 Å². The van der Waals surface area contributed by atoms with Gasteiger partial charge in [-0.25, -0.2) is 0 Å². The van der Waals surface area contributed by atoms with Crippen LogP contribution < -0.4 is 5.73 Å². The summed E-state index contributed by atoms with van der Waals surface area (Å²) in [6.45, 7) is 0. The van der Waals surface area contributed by atoms with Crippen molar-refractivity contribution >= 4 is 5.69 Å². The second-order valence-electron chi connectivity index (χ2n) is 5.84. The van der Waals surface area contributed by atoms with Crippen LogP contribution in [0.1, 0.15) is 37.3 Å². The molecule has 1 aliphatic rings. The molecule has 20 heavy (non-hydrogen) atoms. The van der Waals surface area contributed by atoms with Crippen LogP contribution >= 0.6 is 0 Å². The molecular weight excluding hydrogens is 254 g/mol. The van der Waals surface area contributed by atoms with E-state index in [1.54, 1.807) is 12.1 Å². The van der Waals surface area contributed by atoms with E-state index >= 15 is 0 Å². The molecule has 2 N–H and O–H groups in total. The van der Waals surface area contributed by atoms with Crippen LogP contribution in [0, 0.1) is 16.0 Å². The second kappa shape index (κ2) is 6.33. The number of hydrogen-bond donors (Lipinski definition) is 1. The maximum Gasteiger partial charge on any atom is 0.274 e. The summed E-state index contributed by atoms with van der Waals surface area (Å²) in [5, 5.41) is 11.3. The van der Waals surface area contributed by atoms with Crippen LogP contribution in [-0.2, 0) is 0 Å². The zero-order valence-electron chi connectivity index (χ0n) is 12.2. The van der Waals surface area contributed by atoms with Crippen molar-refractivity contribution in [3.05, 3.63) is 39.9 Å². The molecule has 0 radical (unpaired) electrons. The highest BCUT2D eigenvalue weighted by Gasteiger charge is 2.35. The number of nitro benzene ring substituents is 1. The molecule has 2 rings (SSSR count). The number of nitrogens with zero attached hydrogens (tertiary/aromatic N) is 2. The molecule has 110 valence electrons. The number of nitrogens with two attached hydrogens (primary N) is 1. The van der Waals surface area contributed by atoms with Gasteiger partial charge in [0.2, 0.25) is 0 Å². The predicted octanol–water partition coefficient (Wildman–Crippen LogP) is 2.71. The van der Waals surface area contributed by atoms with Gasteiger partial charge in [-0.2, -0.15) is 0 Å². The lowest BCUT2D eigenvalue weighted by Gasteiger charge is -2.38. The van der Waals surface area contributed by atoms with Gasteiger partial charge in [-0.3, -0.25) is 10.1 Å². The van der Waals surface area contributed by atoms with Gasteiger partial charge in [-0.05, 0) is 32.9 Å². The summed E-state index contributed by atoms with van der Waals surface area (Å²) in [5.41, 5.74) is 7.27. The molecule has 5 nitrogen and oxygen atoms in total. The Labute approximate surface area is 119 Å². The van der Waals surface area contributed by atoms with Crippen LogP contribution in [0.3, 0.4) is 0 Å². The molecule has 3 atom stereocenters. The largest absolute Gasteiger partial charge is 0.327 e. The van der Waals surface area contributed by atoms with Crippen molar-refractivity contribution in [3.8, 4) is 0 Å². The Morgan fingerprint density at radius 3 is 2.55 bits per heavy atom. The third-order valence-corrected chi connectivity index (χ3v) is 4.29. The molecular formula is C15H23N3O2. The predicted molar refractivity (Wildman–Crippen MR) is 79.5 cm³/mol. The molecule has 0 heterocycles. The highest BCUT2D eigenvalue weighted by Crippen LogP contribution is 2.39. The van der Waals surface area contributed by atoms with Crippen LogP contribution in [0.15, 0.2) is 24.3 Å². The van der Waals surface area contributed by atoms with E-state index in [9.17, 15) is 10.1 Å². The lowest BCUT2D eigenvalue weighted by Crippen LogP contribution is -2.41. The van der Waals surface area contributed by atoms with Gasteiger partial charge in [0.1, 0.15) is 0 Å². The number of rotatable bonds is 4. The van der Waals surface area contributed by atoms with E-state index in [4.69, 9.17) is 5.73 Å². The van der Waals surface area contributed by atoms with E-state index < -0.39 is 0 Å². The van der Waals surface area contributed by atoms with Crippen LogP contribution in [0.2, 0.25) is 0 Å². The van der Waals surface area contributed by atoms with Gasteiger partial charge < -0.3 is 10.6 Å². The maximum atomic E-state index is 11.3. The minimum absolute atomic E-state index is 0.00639. The second-order valence-corrected chi connectivity index (χ2v) is 5.84. The molecule has 0 amide bonds. The van der Waals surface area contributed by atoms with Gasteiger partial charge in [0.25, 0.3) is 5.69 Å². The molecule has 1 fully saturated rings. The Morgan fingerprint density at radius 1 is 1.30 bits per heavy atom. The number of para-hydroxylation sites is 1. The van der Waals surface area contributed by atoms with Gasteiger partial charge in [0, 0.05) is 23.7 Å². The van der Waals surface area contributed by atoms with Crippen LogP contribution in [0.4, 0.5) is 5.69 Å². The van der Waals surface area contributed by atoms with Crippen LogP contribution in [-0.4, -0.2) is 30.0 Å². The molecule has 0 bridgehead atoms. The Bertz CT molecular complexity index is 476. The summed E-state index contributed by atoms with van der Waals surface area (Å²) >= 11 is 0. The average Bonchev–Trinajstić information content (AvgIpc) is 2.41. The molecule has 5 heteroatoms. The fourth-order valence-electron chi connectivity index (χ4n) is 3.38. The van der Waals surface area contributed by atoms with E-state index in [0.717, 1.165) is 31.2 Å². The lowest BCUT2D eigenvalue weighted by atomic mass is 9.77. The number of hydrogen-bond acceptors (Lipinski definition) is 4. The highest BCUT2D eigenvalue weighted by atomic mass is 16.6. The third kappa shape index (κ3) is 2.99. The van der Waals surface area contributed by atoms with Gasteiger partial charge in [0.05, 0.1) is 4.92 Å². The fraction of sp³-hybridized carbons (Fsp3) is 0.600. The van der Waals surface area contributed by atoms with E-state index in [0.29, 0.717) is 0 Å². The first kappa shape index (κ1) is 14.9. The average molecular weight is 277 g/mol. The zero-order valence-corrected chi connectivity index (χ0v) is 12.2. The molecule has 0 aromatic heterocycles. The Balaban J connectivity index is 2.40. The third-order valence-electron chi connectivity index (χ3n) is 4.29. The Hall–Kier alpha value is -1.46. The normalized spacial score (nSPS) is 24.6. The quantitative estimate of drug-likeness (QED) is 0.678. The summed E-state index contributed by atoms with van der Waals surface area (Å²) in [7, 11) is 3.95. The van der Waals surface area contributed by atoms with Gasteiger partial charge in [-0.1, -0.05) is 31.0 Å². The van der Waals surface area contributed by atoms with Gasteiger partial charge in [0.15, 0.2) is 0 Å². The molecule has 1 saturated carbocycles. The summed E-state index contributed by atoms with van der Waals surface area (Å²) < 4.78 is 0. The van der Waals surface area contributed by atoms with Crippen molar-refractivity contribution in [1.29, 1.82) is 0 Å².